The summed E-state index contributed by atoms with van der Waals surface area (Å²) in [5.74, 6) is 0.102. The molecule has 2 aromatic carbocycles. The molecule has 3 heteroatoms. The van der Waals surface area contributed by atoms with E-state index in [1.165, 1.54) is 0 Å². The maximum Gasteiger partial charge on any atom is 0.159 e. The molecule has 3 aromatic rings. The summed E-state index contributed by atoms with van der Waals surface area (Å²) < 4.78 is 2.25. The lowest BCUT2D eigenvalue weighted by molar-refractivity contribution is 0.100. The predicted molar refractivity (Wildman–Crippen MR) is 89.8 cm³/mol. The van der Waals surface area contributed by atoms with Crippen molar-refractivity contribution in [3.05, 3.63) is 47.5 Å². The highest BCUT2D eigenvalue weighted by Gasteiger charge is 2.15. The second-order valence-electron chi connectivity index (χ2n) is 6.04. The van der Waals surface area contributed by atoms with E-state index in [4.69, 9.17) is 0 Å². The molecule has 0 fully saturated rings. The third-order valence-electron chi connectivity index (χ3n) is 4.13. The second kappa shape index (κ2) is 5.09. The molecule has 0 aliphatic heterocycles. The third kappa shape index (κ3) is 2.13. The van der Waals surface area contributed by atoms with Gasteiger partial charge in [-0.1, -0.05) is 0 Å². The molecule has 0 radical (unpaired) electrons. The van der Waals surface area contributed by atoms with Crippen molar-refractivity contribution in [1.82, 2.24) is 4.57 Å². The molecule has 0 spiro atoms. The highest BCUT2D eigenvalue weighted by Crippen LogP contribution is 2.33. The van der Waals surface area contributed by atoms with E-state index in [1.54, 1.807) is 13.8 Å². The Morgan fingerprint density at radius 2 is 1.23 bits per heavy atom. The fraction of sp³-hybridized carbons (Fsp3) is 0.263. The number of rotatable bonds is 3. The van der Waals surface area contributed by atoms with Gasteiger partial charge in [0.15, 0.2) is 11.6 Å². The van der Waals surface area contributed by atoms with Gasteiger partial charge in [0.2, 0.25) is 0 Å². The zero-order valence-electron chi connectivity index (χ0n) is 13.3. The summed E-state index contributed by atoms with van der Waals surface area (Å²) in [4.78, 5) is 23.4. The molecule has 0 N–H and O–H groups in total. The second-order valence-corrected chi connectivity index (χ2v) is 6.04. The van der Waals surface area contributed by atoms with Crippen molar-refractivity contribution in [3.8, 4) is 0 Å². The lowest BCUT2D eigenvalue weighted by Gasteiger charge is -2.11. The smallest absolute Gasteiger partial charge is 0.159 e. The molecule has 0 saturated heterocycles. The maximum absolute atomic E-state index is 11.7. The van der Waals surface area contributed by atoms with Gasteiger partial charge in [0.1, 0.15) is 0 Å². The molecule has 0 unspecified atom stereocenters. The van der Waals surface area contributed by atoms with E-state index in [2.05, 4.69) is 18.4 Å². The fourth-order valence-electron chi connectivity index (χ4n) is 3.05. The number of nitrogens with zero attached hydrogens (tertiary/aromatic N) is 1. The van der Waals surface area contributed by atoms with E-state index >= 15 is 0 Å². The third-order valence-corrected chi connectivity index (χ3v) is 4.13. The summed E-state index contributed by atoms with van der Waals surface area (Å²) in [5, 5.41) is 2.05. The van der Waals surface area contributed by atoms with Crippen LogP contribution in [-0.4, -0.2) is 16.1 Å². The zero-order chi connectivity index (χ0) is 16.0. The zero-order valence-corrected chi connectivity index (χ0v) is 13.3. The Morgan fingerprint density at radius 3 is 1.55 bits per heavy atom. The normalized spacial score (nSPS) is 11.5. The molecule has 0 bridgehead atoms. The van der Waals surface area contributed by atoms with Gasteiger partial charge in [-0.3, -0.25) is 9.59 Å². The van der Waals surface area contributed by atoms with Gasteiger partial charge in [-0.15, -0.1) is 0 Å². The van der Waals surface area contributed by atoms with E-state index in [1.807, 2.05) is 36.4 Å². The molecule has 0 amide bonds. The van der Waals surface area contributed by atoms with Crippen LogP contribution in [-0.2, 0) is 0 Å². The quantitative estimate of drug-likeness (QED) is 0.652. The molecule has 3 rings (SSSR count). The van der Waals surface area contributed by atoms with Crippen molar-refractivity contribution in [2.24, 2.45) is 0 Å². The van der Waals surface area contributed by atoms with E-state index in [9.17, 15) is 9.59 Å². The first-order valence-corrected chi connectivity index (χ1v) is 7.49. The summed E-state index contributed by atoms with van der Waals surface area (Å²) in [6.07, 6.45) is 0. The number of carbonyl (C=O) groups is 2. The number of hydrogen-bond donors (Lipinski definition) is 0. The molecule has 0 aliphatic rings. The topological polar surface area (TPSA) is 39.1 Å². The highest BCUT2D eigenvalue weighted by molar-refractivity contribution is 6.12. The number of carbonyl (C=O) groups excluding carboxylic acids is 2. The Labute approximate surface area is 129 Å². The van der Waals surface area contributed by atoms with Crippen LogP contribution in [0.25, 0.3) is 21.8 Å². The monoisotopic (exact) mass is 293 g/mol. The van der Waals surface area contributed by atoms with Crippen molar-refractivity contribution >= 4 is 33.4 Å². The molecule has 22 heavy (non-hydrogen) atoms. The molecule has 0 atom stereocenters. The van der Waals surface area contributed by atoms with E-state index < -0.39 is 0 Å². The first-order valence-electron chi connectivity index (χ1n) is 7.49. The Hall–Kier alpha value is -2.42. The number of aromatic nitrogens is 1. The molecular formula is C19H19NO2. The van der Waals surface area contributed by atoms with Crippen molar-refractivity contribution in [1.29, 1.82) is 0 Å². The minimum atomic E-state index is 0.0510. The van der Waals surface area contributed by atoms with Crippen molar-refractivity contribution in [2.75, 3.05) is 0 Å². The Balaban J connectivity index is 2.47. The van der Waals surface area contributed by atoms with Crippen LogP contribution in [0.3, 0.4) is 0 Å². The molecule has 1 heterocycles. The van der Waals surface area contributed by atoms with Crippen LogP contribution in [0.4, 0.5) is 0 Å². The Morgan fingerprint density at radius 1 is 0.818 bits per heavy atom. The number of fused-ring (bicyclic) bond motifs is 3. The Kier molecular flexibility index (Phi) is 3.36. The van der Waals surface area contributed by atoms with Crippen LogP contribution in [0.15, 0.2) is 36.4 Å². The number of ketones is 2. The number of Topliss-reactive ketones (excluding diaryl/α,β-unsaturated/α-hetero) is 2. The maximum atomic E-state index is 11.7. The Bertz CT molecular complexity index is 845. The van der Waals surface area contributed by atoms with Crippen molar-refractivity contribution in [2.45, 2.75) is 33.7 Å². The summed E-state index contributed by atoms with van der Waals surface area (Å²) in [5.41, 5.74) is 3.58. The lowest BCUT2D eigenvalue weighted by atomic mass is 10.0. The van der Waals surface area contributed by atoms with Gasteiger partial charge in [-0.05, 0) is 64.1 Å². The molecule has 0 saturated carbocycles. The van der Waals surface area contributed by atoms with Gasteiger partial charge in [0.25, 0.3) is 0 Å². The van der Waals surface area contributed by atoms with Crippen LogP contribution in [0.1, 0.15) is 54.5 Å². The van der Waals surface area contributed by atoms with Crippen LogP contribution < -0.4 is 0 Å². The standard InChI is InChI=1S/C19H19NO2/c1-11(2)20-18-7-5-14(12(3)21)9-16(18)17-10-15(13(4)22)6-8-19(17)20/h5-11H,1-4H3. The van der Waals surface area contributed by atoms with Crippen LogP contribution in [0.2, 0.25) is 0 Å². The van der Waals surface area contributed by atoms with E-state index in [-0.39, 0.29) is 11.6 Å². The number of benzene rings is 2. The van der Waals surface area contributed by atoms with Gasteiger partial charge in [-0.25, -0.2) is 0 Å². The lowest BCUT2D eigenvalue weighted by Crippen LogP contribution is -2.00. The summed E-state index contributed by atoms with van der Waals surface area (Å²) in [6, 6.07) is 11.9. The highest BCUT2D eigenvalue weighted by atomic mass is 16.1. The van der Waals surface area contributed by atoms with E-state index in [0.717, 1.165) is 21.8 Å². The van der Waals surface area contributed by atoms with Crippen LogP contribution in [0, 0.1) is 0 Å². The largest absolute Gasteiger partial charge is 0.338 e. The summed E-state index contributed by atoms with van der Waals surface area (Å²) >= 11 is 0. The van der Waals surface area contributed by atoms with E-state index in [0.29, 0.717) is 17.2 Å². The predicted octanol–water partition coefficient (Wildman–Crippen LogP) is 4.78. The first-order chi connectivity index (χ1) is 10.4. The van der Waals surface area contributed by atoms with Gasteiger partial charge in [0, 0.05) is 39.0 Å². The van der Waals surface area contributed by atoms with Gasteiger partial charge < -0.3 is 4.57 Å². The average Bonchev–Trinajstić information content (AvgIpc) is 2.79. The minimum Gasteiger partial charge on any atom is -0.338 e. The van der Waals surface area contributed by atoms with Gasteiger partial charge in [0.05, 0.1) is 0 Å². The molecule has 112 valence electrons. The fourth-order valence-corrected chi connectivity index (χ4v) is 3.05. The van der Waals surface area contributed by atoms with Crippen LogP contribution in [0.5, 0.6) is 0 Å². The number of hydrogen-bond acceptors (Lipinski definition) is 2. The van der Waals surface area contributed by atoms with Gasteiger partial charge >= 0.3 is 0 Å². The average molecular weight is 293 g/mol. The van der Waals surface area contributed by atoms with Crippen molar-refractivity contribution < 1.29 is 9.59 Å². The van der Waals surface area contributed by atoms with Crippen LogP contribution >= 0.6 is 0 Å². The SMILES string of the molecule is CC(=O)c1ccc2c(c1)c1cc(C(C)=O)ccc1n2C(C)C. The molecular weight excluding hydrogens is 274 g/mol. The van der Waals surface area contributed by atoms with Gasteiger partial charge in [-0.2, -0.15) is 0 Å². The summed E-state index contributed by atoms with van der Waals surface area (Å²) in [6.45, 7) is 7.42. The molecule has 1 aromatic heterocycles. The van der Waals surface area contributed by atoms with Crippen molar-refractivity contribution in [3.63, 3.8) is 0 Å². The molecule has 3 nitrogen and oxygen atoms in total. The summed E-state index contributed by atoms with van der Waals surface area (Å²) in [7, 11) is 0. The minimum absolute atomic E-state index is 0.0510. The molecule has 0 aliphatic carbocycles. The first kappa shape index (κ1) is 14.5.